The highest BCUT2D eigenvalue weighted by molar-refractivity contribution is 14.1. The number of pyridine rings is 1. The molecule has 0 bridgehead atoms. The van der Waals surface area contributed by atoms with Crippen molar-refractivity contribution in [1.82, 2.24) is 15.0 Å². The first-order valence-electron chi connectivity index (χ1n) is 10.4. The highest BCUT2D eigenvalue weighted by atomic mass is 127. The number of carbonyl (C=O) groups is 1. The minimum Gasteiger partial charge on any atom is -0.381 e. The van der Waals surface area contributed by atoms with Gasteiger partial charge in [-0.15, -0.1) is 0 Å². The quantitative estimate of drug-likeness (QED) is 0.332. The van der Waals surface area contributed by atoms with Gasteiger partial charge in [0.1, 0.15) is 5.82 Å². The minimum atomic E-state index is -0.323. The molecule has 4 rings (SSSR count). The molecule has 1 aromatic carbocycles. The van der Waals surface area contributed by atoms with Crippen LogP contribution >= 0.6 is 34.5 Å². The predicted molar refractivity (Wildman–Crippen MR) is 133 cm³/mol. The van der Waals surface area contributed by atoms with E-state index in [-0.39, 0.29) is 17.5 Å². The Hall–Kier alpha value is -2.24. The lowest BCUT2D eigenvalue weighted by molar-refractivity contribution is -0.117. The predicted octanol–water partition coefficient (Wildman–Crippen LogP) is 4.64. The van der Waals surface area contributed by atoms with E-state index >= 15 is 0 Å². The van der Waals surface area contributed by atoms with Crippen LogP contribution in [-0.2, 0) is 9.53 Å². The molecule has 3 heterocycles. The molecule has 168 valence electrons. The third-order valence-electron chi connectivity index (χ3n) is 5.54. The van der Waals surface area contributed by atoms with E-state index in [1.54, 1.807) is 27.5 Å². The van der Waals surface area contributed by atoms with E-state index in [1.807, 2.05) is 19.1 Å². The van der Waals surface area contributed by atoms with Crippen LogP contribution in [0.5, 0.6) is 0 Å². The maximum atomic E-state index is 12.7. The molecule has 1 aliphatic rings. The molecule has 32 heavy (non-hydrogen) atoms. The number of halogens is 2. The fraction of sp³-hybridized carbons (Fsp3) is 0.364. The second kappa shape index (κ2) is 10.1. The standard InChI is InChI=1S/C22H23ClIN5O3/c1-13(17-12-15-11-16(23)2-3-18(15)26-21(17)31)29(24)22-25-7-4-19(28-22)27-20(30)10-14-5-8-32-9-6-14/h2-4,7,11-14H,5-6,8-10H2,1H3,(H,26,31)(H,25,27,28,30)/t13-/m0/s1. The van der Waals surface area contributed by atoms with Gasteiger partial charge >= 0.3 is 0 Å². The van der Waals surface area contributed by atoms with Gasteiger partial charge in [0, 0.05) is 47.3 Å². The Morgan fingerprint density at radius 2 is 2.12 bits per heavy atom. The number of nitrogens with zero attached hydrogens (tertiary/aromatic N) is 3. The van der Waals surface area contributed by atoms with Crippen LogP contribution in [0, 0.1) is 5.92 Å². The molecule has 1 amide bonds. The van der Waals surface area contributed by atoms with Crippen molar-refractivity contribution in [3.05, 3.63) is 57.5 Å². The number of carbonyl (C=O) groups excluding carboxylic acids is 1. The van der Waals surface area contributed by atoms with Gasteiger partial charge in [-0.2, -0.15) is 4.98 Å². The molecule has 2 aromatic heterocycles. The number of hydrogen-bond acceptors (Lipinski definition) is 6. The maximum absolute atomic E-state index is 12.7. The molecule has 2 N–H and O–H groups in total. The number of aromatic amines is 1. The molecule has 10 heteroatoms. The van der Waals surface area contributed by atoms with Crippen molar-refractivity contribution in [3.8, 4) is 0 Å². The molecule has 0 radical (unpaired) electrons. The average Bonchev–Trinajstić information content (AvgIpc) is 2.78. The summed E-state index contributed by atoms with van der Waals surface area (Å²) < 4.78 is 7.12. The van der Waals surface area contributed by atoms with Gasteiger partial charge in [-0.3, -0.25) is 12.7 Å². The van der Waals surface area contributed by atoms with Gasteiger partial charge in [-0.25, -0.2) is 4.98 Å². The number of rotatable bonds is 6. The Kier molecular flexibility index (Phi) is 7.27. The van der Waals surface area contributed by atoms with Crippen molar-refractivity contribution in [2.45, 2.75) is 32.2 Å². The third kappa shape index (κ3) is 5.38. The summed E-state index contributed by atoms with van der Waals surface area (Å²) in [5.41, 5.74) is 1.10. The van der Waals surface area contributed by atoms with Gasteiger partial charge in [0.15, 0.2) is 0 Å². The second-order valence-corrected chi connectivity index (χ2v) is 9.30. The highest BCUT2D eigenvalue weighted by Gasteiger charge is 2.21. The SMILES string of the molecule is C[C@@H](c1cc2cc(Cl)ccc2[nH]c1=O)N(I)c1nccc(NC(=O)CC2CCOCC2)n1. The molecule has 1 fully saturated rings. The first-order chi connectivity index (χ1) is 15.4. The normalized spacial score (nSPS) is 15.5. The third-order valence-corrected chi connectivity index (χ3v) is 7.04. The van der Waals surface area contributed by atoms with Crippen molar-refractivity contribution in [3.63, 3.8) is 0 Å². The Bertz CT molecular complexity index is 1180. The minimum absolute atomic E-state index is 0.0718. The average molecular weight is 568 g/mol. The summed E-state index contributed by atoms with van der Waals surface area (Å²) in [4.78, 5) is 36.8. The van der Waals surface area contributed by atoms with E-state index in [0.29, 0.717) is 47.9 Å². The molecule has 1 saturated heterocycles. The Morgan fingerprint density at radius 3 is 2.91 bits per heavy atom. The van der Waals surface area contributed by atoms with Gasteiger partial charge < -0.3 is 15.0 Å². The summed E-state index contributed by atoms with van der Waals surface area (Å²) in [6, 6.07) is 8.50. The monoisotopic (exact) mass is 567 g/mol. The van der Waals surface area contributed by atoms with E-state index < -0.39 is 0 Å². The topological polar surface area (TPSA) is 100 Å². The van der Waals surface area contributed by atoms with Crippen molar-refractivity contribution in [2.75, 3.05) is 21.6 Å². The Labute approximate surface area is 204 Å². The maximum Gasteiger partial charge on any atom is 0.253 e. The zero-order valence-corrected chi connectivity index (χ0v) is 20.4. The van der Waals surface area contributed by atoms with Gasteiger partial charge in [-0.05, 0) is 56.0 Å². The Balaban J connectivity index is 1.50. The van der Waals surface area contributed by atoms with Gasteiger partial charge in [0.05, 0.1) is 28.9 Å². The lowest BCUT2D eigenvalue weighted by Crippen LogP contribution is -2.25. The van der Waals surface area contributed by atoms with E-state index in [2.05, 4.69) is 43.1 Å². The van der Waals surface area contributed by atoms with Crippen molar-refractivity contribution < 1.29 is 9.53 Å². The lowest BCUT2D eigenvalue weighted by atomic mass is 9.96. The van der Waals surface area contributed by atoms with Crippen LogP contribution in [0.25, 0.3) is 10.9 Å². The molecule has 0 spiro atoms. The summed E-state index contributed by atoms with van der Waals surface area (Å²) in [7, 11) is 0. The van der Waals surface area contributed by atoms with E-state index in [9.17, 15) is 9.59 Å². The molecular weight excluding hydrogens is 545 g/mol. The highest BCUT2D eigenvalue weighted by Crippen LogP contribution is 2.28. The molecule has 1 atom stereocenters. The van der Waals surface area contributed by atoms with Crippen LogP contribution in [0.1, 0.15) is 37.8 Å². The number of amides is 1. The molecule has 0 aliphatic carbocycles. The lowest BCUT2D eigenvalue weighted by Gasteiger charge is -2.23. The largest absolute Gasteiger partial charge is 0.381 e. The zero-order valence-electron chi connectivity index (χ0n) is 17.5. The number of fused-ring (bicyclic) bond motifs is 1. The number of nitrogens with one attached hydrogen (secondary N) is 2. The van der Waals surface area contributed by atoms with E-state index in [1.165, 1.54) is 0 Å². The number of benzene rings is 1. The summed E-state index contributed by atoms with van der Waals surface area (Å²) in [5, 5.41) is 4.31. The van der Waals surface area contributed by atoms with Crippen LogP contribution in [0.4, 0.5) is 11.8 Å². The van der Waals surface area contributed by atoms with Crippen LogP contribution < -0.4 is 14.0 Å². The van der Waals surface area contributed by atoms with E-state index in [4.69, 9.17) is 16.3 Å². The van der Waals surface area contributed by atoms with Crippen molar-refractivity contribution >= 4 is 63.0 Å². The number of ether oxygens (including phenoxy) is 1. The zero-order chi connectivity index (χ0) is 22.7. The number of H-pyrrole nitrogens is 1. The van der Waals surface area contributed by atoms with Gasteiger partial charge in [0.25, 0.3) is 5.56 Å². The van der Waals surface area contributed by atoms with Crippen LogP contribution in [0.2, 0.25) is 5.02 Å². The first-order valence-corrected chi connectivity index (χ1v) is 11.7. The number of aromatic nitrogens is 3. The molecule has 0 saturated carbocycles. The van der Waals surface area contributed by atoms with Gasteiger partial charge in [-0.1, -0.05) is 11.6 Å². The van der Waals surface area contributed by atoms with Crippen molar-refractivity contribution in [1.29, 1.82) is 0 Å². The summed E-state index contributed by atoms with van der Waals surface area (Å²) in [5.74, 6) is 1.09. The van der Waals surface area contributed by atoms with E-state index in [0.717, 1.165) is 23.7 Å². The number of hydrogen-bond donors (Lipinski definition) is 2. The smallest absolute Gasteiger partial charge is 0.253 e. The molecular formula is C22H23ClIN5O3. The fourth-order valence-corrected chi connectivity index (χ4v) is 4.44. The number of anilines is 2. The molecule has 1 aliphatic heterocycles. The van der Waals surface area contributed by atoms with Crippen LogP contribution in [0.3, 0.4) is 0 Å². The van der Waals surface area contributed by atoms with Crippen LogP contribution in [0.15, 0.2) is 41.3 Å². The summed E-state index contributed by atoms with van der Waals surface area (Å²) >= 11 is 8.19. The molecule has 0 unspecified atom stereocenters. The Morgan fingerprint density at radius 1 is 1.34 bits per heavy atom. The second-order valence-electron chi connectivity index (χ2n) is 7.82. The van der Waals surface area contributed by atoms with Crippen molar-refractivity contribution in [2.24, 2.45) is 5.92 Å². The summed E-state index contributed by atoms with van der Waals surface area (Å²) in [6.07, 6.45) is 3.83. The van der Waals surface area contributed by atoms with Crippen LogP contribution in [-0.4, -0.2) is 34.1 Å². The first kappa shape index (κ1) is 22.9. The molecule has 3 aromatic rings. The fourth-order valence-electron chi connectivity index (χ4n) is 3.73. The summed E-state index contributed by atoms with van der Waals surface area (Å²) in [6.45, 7) is 3.31. The molecule has 8 nitrogen and oxygen atoms in total. The van der Waals surface area contributed by atoms with Gasteiger partial charge in [0.2, 0.25) is 11.9 Å².